The maximum Gasteiger partial charge on any atom is 0.203 e. The average molecular weight is 390 g/mol. The van der Waals surface area contributed by atoms with Crippen LogP contribution in [0.2, 0.25) is 0 Å². The van der Waals surface area contributed by atoms with Crippen LogP contribution in [0.25, 0.3) is 0 Å². The fraction of sp³-hybridized carbons (Fsp3) is 0.300. The van der Waals surface area contributed by atoms with E-state index in [-0.39, 0.29) is 37.9 Å². The Morgan fingerprint density at radius 1 is 0.786 bits per heavy atom. The second-order valence-corrected chi connectivity index (χ2v) is 5.53. The van der Waals surface area contributed by atoms with Crippen molar-refractivity contribution in [3.05, 3.63) is 41.5 Å². The topological polar surface area (TPSA) is 101 Å². The van der Waals surface area contributed by atoms with Crippen molar-refractivity contribution in [1.82, 2.24) is 0 Å². The quantitative estimate of drug-likeness (QED) is 0.436. The summed E-state index contributed by atoms with van der Waals surface area (Å²) in [5, 5.41) is 9.74. The maximum atomic E-state index is 11.0. The smallest absolute Gasteiger partial charge is 0.203 e. The minimum Gasteiger partial charge on any atom is -0.504 e. The lowest BCUT2D eigenvalue weighted by atomic mass is 10.2. The van der Waals surface area contributed by atoms with Gasteiger partial charge < -0.3 is 28.8 Å². The van der Waals surface area contributed by atoms with Crippen LogP contribution in [-0.2, 0) is 4.74 Å². The standard InChI is InChI=1S/C20H22O8/c1-24-18-10-15(13-22)11-19(25-2)20(18)28-8-6-26-5-7-27-17-4-3-14(12-21)9-16(17)23/h3-4,9-13,23H,5-8H2,1-2H3. The van der Waals surface area contributed by atoms with E-state index in [1.54, 1.807) is 18.2 Å². The monoisotopic (exact) mass is 390 g/mol. The van der Waals surface area contributed by atoms with Gasteiger partial charge in [0, 0.05) is 11.1 Å². The summed E-state index contributed by atoms with van der Waals surface area (Å²) in [6.45, 7) is 0.999. The molecule has 0 spiro atoms. The SMILES string of the molecule is COc1cc(C=O)cc(OC)c1OCCOCCOc1ccc(C=O)cc1O. The zero-order valence-corrected chi connectivity index (χ0v) is 15.7. The highest BCUT2D eigenvalue weighted by Gasteiger charge is 2.14. The van der Waals surface area contributed by atoms with Gasteiger partial charge in [0.15, 0.2) is 23.0 Å². The first kappa shape index (κ1) is 21.0. The fourth-order valence-electron chi connectivity index (χ4n) is 2.36. The molecule has 0 unspecified atom stereocenters. The van der Waals surface area contributed by atoms with Crippen LogP contribution in [0.5, 0.6) is 28.7 Å². The molecule has 0 fully saturated rings. The van der Waals surface area contributed by atoms with E-state index >= 15 is 0 Å². The largest absolute Gasteiger partial charge is 0.504 e. The van der Waals surface area contributed by atoms with Crippen LogP contribution in [0.15, 0.2) is 30.3 Å². The zero-order chi connectivity index (χ0) is 20.4. The number of ether oxygens (including phenoxy) is 5. The molecule has 8 nitrogen and oxygen atoms in total. The lowest BCUT2D eigenvalue weighted by Crippen LogP contribution is -2.13. The van der Waals surface area contributed by atoms with Crippen LogP contribution >= 0.6 is 0 Å². The summed E-state index contributed by atoms with van der Waals surface area (Å²) in [5.41, 5.74) is 0.782. The number of phenols is 1. The summed E-state index contributed by atoms with van der Waals surface area (Å²) in [7, 11) is 2.95. The highest BCUT2D eigenvalue weighted by molar-refractivity contribution is 5.78. The summed E-state index contributed by atoms with van der Waals surface area (Å²) >= 11 is 0. The Labute approximate surface area is 162 Å². The van der Waals surface area contributed by atoms with Gasteiger partial charge in [-0.1, -0.05) is 0 Å². The van der Waals surface area contributed by atoms with Crippen molar-refractivity contribution in [2.75, 3.05) is 40.6 Å². The van der Waals surface area contributed by atoms with Crippen molar-refractivity contribution in [1.29, 1.82) is 0 Å². The predicted octanol–water partition coefficient (Wildman–Crippen LogP) is 2.51. The number of rotatable bonds is 12. The fourth-order valence-corrected chi connectivity index (χ4v) is 2.36. The number of methoxy groups -OCH3 is 2. The van der Waals surface area contributed by atoms with Gasteiger partial charge in [-0.25, -0.2) is 0 Å². The highest BCUT2D eigenvalue weighted by Crippen LogP contribution is 2.38. The third-order valence-corrected chi connectivity index (χ3v) is 3.70. The number of carbonyl (C=O) groups is 2. The molecule has 0 aliphatic heterocycles. The summed E-state index contributed by atoms with van der Waals surface area (Å²) in [6, 6.07) is 7.51. The zero-order valence-electron chi connectivity index (χ0n) is 15.7. The van der Waals surface area contributed by atoms with Crippen molar-refractivity contribution in [2.45, 2.75) is 0 Å². The van der Waals surface area contributed by atoms with E-state index < -0.39 is 0 Å². The summed E-state index contributed by atoms with van der Waals surface area (Å²) < 4.78 is 26.9. The van der Waals surface area contributed by atoms with Gasteiger partial charge in [-0.3, -0.25) is 9.59 Å². The normalized spacial score (nSPS) is 10.2. The molecule has 0 bridgehead atoms. The summed E-state index contributed by atoms with van der Waals surface area (Å²) in [4.78, 5) is 21.6. The maximum absolute atomic E-state index is 11.0. The third-order valence-electron chi connectivity index (χ3n) is 3.70. The first-order valence-corrected chi connectivity index (χ1v) is 8.45. The number of hydrogen-bond acceptors (Lipinski definition) is 8. The summed E-state index contributed by atoms with van der Waals surface area (Å²) in [5.74, 6) is 1.33. The molecule has 0 amide bonds. The molecule has 0 aromatic heterocycles. The third kappa shape index (κ3) is 5.62. The molecule has 0 radical (unpaired) electrons. The van der Waals surface area contributed by atoms with Crippen molar-refractivity contribution < 1.29 is 38.4 Å². The van der Waals surface area contributed by atoms with Gasteiger partial charge >= 0.3 is 0 Å². The summed E-state index contributed by atoms with van der Waals surface area (Å²) in [6.07, 6.45) is 1.34. The van der Waals surface area contributed by atoms with Crippen LogP contribution in [0.1, 0.15) is 20.7 Å². The van der Waals surface area contributed by atoms with Crippen molar-refractivity contribution >= 4 is 12.6 Å². The minimum absolute atomic E-state index is 0.106. The molecule has 0 saturated carbocycles. The van der Waals surface area contributed by atoms with Gasteiger partial charge in [0.2, 0.25) is 5.75 Å². The van der Waals surface area contributed by atoms with E-state index in [1.807, 2.05) is 0 Å². The Bertz CT molecular complexity index is 778. The van der Waals surface area contributed by atoms with Crippen LogP contribution in [0.3, 0.4) is 0 Å². The van der Waals surface area contributed by atoms with Gasteiger partial charge in [0.05, 0.1) is 27.4 Å². The second kappa shape index (κ2) is 10.8. The number of carbonyl (C=O) groups excluding carboxylic acids is 2. The average Bonchev–Trinajstić information content (AvgIpc) is 2.73. The molecule has 0 atom stereocenters. The molecule has 0 saturated heterocycles. The number of benzene rings is 2. The van der Waals surface area contributed by atoms with Crippen molar-refractivity contribution in [3.8, 4) is 28.7 Å². The van der Waals surface area contributed by atoms with Gasteiger partial charge in [-0.15, -0.1) is 0 Å². The number of hydrogen-bond donors (Lipinski definition) is 1. The van der Waals surface area contributed by atoms with Crippen LogP contribution in [0.4, 0.5) is 0 Å². The Morgan fingerprint density at radius 2 is 1.39 bits per heavy atom. The Kier molecular flexibility index (Phi) is 8.11. The first-order chi connectivity index (χ1) is 13.6. The molecular weight excluding hydrogens is 368 g/mol. The minimum atomic E-state index is -0.106. The van der Waals surface area contributed by atoms with E-state index in [0.29, 0.717) is 40.9 Å². The molecule has 8 heteroatoms. The molecule has 0 heterocycles. The Hall–Kier alpha value is -3.26. The van der Waals surface area contributed by atoms with Crippen LogP contribution in [-0.4, -0.2) is 58.3 Å². The first-order valence-electron chi connectivity index (χ1n) is 8.45. The van der Waals surface area contributed by atoms with E-state index in [4.69, 9.17) is 23.7 Å². The lowest BCUT2D eigenvalue weighted by molar-refractivity contribution is 0.0743. The van der Waals surface area contributed by atoms with Gasteiger partial charge in [0.25, 0.3) is 0 Å². The van der Waals surface area contributed by atoms with E-state index in [1.165, 1.54) is 26.4 Å². The van der Waals surface area contributed by atoms with E-state index in [9.17, 15) is 14.7 Å². The Morgan fingerprint density at radius 3 is 1.93 bits per heavy atom. The number of aldehydes is 2. The molecule has 0 aliphatic carbocycles. The van der Waals surface area contributed by atoms with Crippen molar-refractivity contribution in [3.63, 3.8) is 0 Å². The molecule has 1 N–H and O–H groups in total. The molecule has 2 aromatic carbocycles. The molecule has 2 rings (SSSR count). The molecule has 28 heavy (non-hydrogen) atoms. The molecule has 0 aliphatic rings. The van der Waals surface area contributed by atoms with Gasteiger partial charge in [0.1, 0.15) is 25.8 Å². The number of aromatic hydroxyl groups is 1. The predicted molar refractivity (Wildman–Crippen MR) is 100 cm³/mol. The molecule has 150 valence electrons. The van der Waals surface area contributed by atoms with E-state index in [2.05, 4.69) is 0 Å². The van der Waals surface area contributed by atoms with Gasteiger partial charge in [-0.05, 0) is 30.3 Å². The van der Waals surface area contributed by atoms with Crippen molar-refractivity contribution in [2.24, 2.45) is 0 Å². The second-order valence-electron chi connectivity index (χ2n) is 5.53. The van der Waals surface area contributed by atoms with E-state index in [0.717, 1.165) is 0 Å². The van der Waals surface area contributed by atoms with Crippen LogP contribution < -0.4 is 18.9 Å². The van der Waals surface area contributed by atoms with Gasteiger partial charge in [-0.2, -0.15) is 0 Å². The molecule has 2 aromatic rings. The Balaban J connectivity index is 1.76. The van der Waals surface area contributed by atoms with Crippen LogP contribution in [0, 0.1) is 0 Å². The highest BCUT2D eigenvalue weighted by atomic mass is 16.6. The lowest BCUT2D eigenvalue weighted by Gasteiger charge is -2.15. The molecular formula is C20H22O8. The number of phenolic OH excluding ortho intramolecular Hbond substituents is 1.